The molecule has 0 aromatic carbocycles. The second-order valence-corrected chi connectivity index (χ2v) is 5.09. The molecule has 1 atom stereocenters. The molecule has 86 valence electrons. The van der Waals surface area contributed by atoms with Gasteiger partial charge in [0, 0.05) is 0 Å². The van der Waals surface area contributed by atoms with Crippen molar-refractivity contribution in [1.82, 2.24) is 0 Å². The summed E-state index contributed by atoms with van der Waals surface area (Å²) in [5, 5.41) is 0. The quantitative estimate of drug-likeness (QED) is 0.457. The molecule has 0 nitrogen and oxygen atoms in total. The minimum absolute atomic E-state index is 0.608. The van der Waals surface area contributed by atoms with E-state index in [1.807, 2.05) is 0 Å². The lowest BCUT2D eigenvalue weighted by atomic mass is 10.2. The average molecular weight is 220 g/mol. The van der Waals surface area contributed by atoms with Gasteiger partial charge in [-0.2, -0.15) is 0 Å². The van der Waals surface area contributed by atoms with Crippen molar-refractivity contribution in [1.29, 1.82) is 0 Å². The molecule has 1 unspecified atom stereocenters. The molecule has 0 saturated carbocycles. The van der Waals surface area contributed by atoms with Gasteiger partial charge in [0.05, 0.1) is 0 Å². The van der Waals surface area contributed by atoms with Gasteiger partial charge in [0.2, 0.25) is 0 Å². The van der Waals surface area contributed by atoms with Crippen LogP contribution in [0.4, 0.5) is 4.39 Å². The fraction of sp³-hybridized carbons (Fsp3) is 1.00. The van der Waals surface area contributed by atoms with Crippen molar-refractivity contribution in [3.05, 3.63) is 0 Å². The van der Waals surface area contributed by atoms with Crippen molar-refractivity contribution in [3.8, 4) is 0 Å². The van der Waals surface area contributed by atoms with E-state index in [1.54, 1.807) is 0 Å². The third-order valence-corrected chi connectivity index (χ3v) is 3.45. The number of hydrogen-bond donors (Lipinski definition) is 0. The fourth-order valence-electron chi connectivity index (χ4n) is 1.38. The van der Waals surface area contributed by atoms with Crippen LogP contribution in [-0.2, 0) is 0 Å². The monoisotopic (exact) mass is 220 g/mol. The molecule has 0 rings (SSSR count). The standard InChI is InChI=1S/C12H25FS/c1-3-5-7-9-11-14-12(13)10-8-6-4-2/h12H,3-11H2,1-2H3. The van der Waals surface area contributed by atoms with Gasteiger partial charge in [-0.3, -0.25) is 0 Å². The minimum Gasteiger partial charge on any atom is -0.236 e. The van der Waals surface area contributed by atoms with Crippen molar-refractivity contribution >= 4 is 11.8 Å². The molecule has 0 spiro atoms. The summed E-state index contributed by atoms with van der Waals surface area (Å²) in [4.78, 5) is 0. The molecule has 0 bridgehead atoms. The first-order valence-electron chi connectivity index (χ1n) is 6.07. The molecule has 2 heteroatoms. The zero-order chi connectivity index (χ0) is 10.6. The van der Waals surface area contributed by atoms with Crippen LogP contribution in [0.5, 0.6) is 0 Å². The molecule has 0 aromatic heterocycles. The lowest BCUT2D eigenvalue weighted by Gasteiger charge is -2.06. The maximum atomic E-state index is 13.2. The Hall–Kier alpha value is 0.280. The topological polar surface area (TPSA) is 0 Å². The van der Waals surface area contributed by atoms with Crippen LogP contribution in [-0.4, -0.2) is 11.3 Å². The van der Waals surface area contributed by atoms with Crippen LogP contribution in [0.2, 0.25) is 0 Å². The Morgan fingerprint density at radius 1 is 0.929 bits per heavy atom. The number of unbranched alkanes of at least 4 members (excludes halogenated alkanes) is 5. The van der Waals surface area contributed by atoms with E-state index in [4.69, 9.17) is 0 Å². The third kappa shape index (κ3) is 10.4. The number of alkyl halides is 1. The fourth-order valence-corrected chi connectivity index (χ4v) is 2.34. The van der Waals surface area contributed by atoms with Gasteiger partial charge in [-0.15, -0.1) is 11.8 Å². The van der Waals surface area contributed by atoms with Gasteiger partial charge in [-0.05, 0) is 25.0 Å². The number of halogens is 1. The van der Waals surface area contributed by atoms with Crippen LogP contribution in [0.25, 0.3) is 0 Å². The lowest BCUT2D eigenvalue weighted by molar-refractivity contribution is 0.414. The molecule has 0 amide bonds. The van der Waals surface area contributed by atoms with E-state index in [1.165, 1.54) is 50.3 Å². The Bertz CT molecular complexity index is 106. The first-order chi connectivity index (χ1) is 6.81. The molecule has 0 fully saturated rings. The Morgan fingerprint density at radius 2 is 1.57 bits per heavy atom. The molecule has 0 aliphatic rings. The van der Waals surface area contributed by atoms with Crippen molar-refractivity contribution < 1.29 is 4.39 Å². The Morgan fingerprint density at radius 3 is 2.21 bits per heavy atom. The molecular formula is C12H25FS. The highest BCUT2D eigenvalue weighted by Crippen LogP contribution is 2.20. The van der Waals surface area contributed by atoms with Gasteiger partial charge in [0.25, 0.3) is 0 Å². The number of thioether (sulfide) groups is 1. The molecule has 0 aliphatic heterocycles. The van der Waals surface area contributed by atoms with E-state index >= 15 is 0 Å². The van der Waals surface area contributed by atoms with E-state index < -0.39 is 5.50 Å². The summed E-state index contributed by atoms with van der Waals surface area (Å²) in [6.45, 7) is 4.36. The Labute approximate surface area is 93.0 Å². The highest BCUT2D eigenvalue weighted by atomic mass is 32.2. The van der Waals surface area contributed by atoms with Crippen molar-refractivity contribution in [2.24, 2.45) is 0 Å². The van der Waals surface area contributed by atoms with Gasteiger partial charge in [0.15, 0.2) is 0 Å². The van der Waals surface area contributed by atoms with Crippen molar-refractivity contribution in [3.63, 3.8) is 0 Å². The SMILES string of the molecule is CCCCCCSC(F)CCCCC. The van der Waals surface area contributed by atoms with E-state index in [-0.39, 0.29) is 0 Å². The van der Waals surface area contributed by atoms with Gasteiger partial charge < -0.3 is 0 Å². The van der Waals surface area contributed by atoms with Gasteiger partial charge in [-0.1, -0.05) is 46.0 Å². The highest BCUT2D eigenvalue weighted by Gasteiger charge is 2.05. The smallest absolute Gasteiger partial charge is 0.145 e. The normalized spacial score (nSPS) is 13.1. The summed E-state index contributed by atoms with van der Waals surface area (Å²) in [6, 6.07) is 0. The molecule has 0 heterocycles. The van der Waals surface area contributed by atoms with E-state index in [9.17, 15) is 4.39 Å². The third-order valence-electron chi connectivity index (χ3n) is 2.33. The number of hydrogen-bond acceptors (Lipinski definition) is 1. The van der Waals surface area contributed by atoms with Crippen LogP contribution >= 0.6 is 11.8 Å². The molecule has 0 radical (unpaired) electrons. The predicted molar refractivity (Wildman–Crippen MR) is 65.6 cm³/mol. The van der Waals surface area contributed by atoms with Crippen molar-refractivity contribution in [2.45, 2.75) is 70.7 Å². The maximum Gasteiger partial charge on any atom is 0.145 e. The van der Waals surface area contributed by atoms with Crippen LogP contribution < -0.4 is 0 Å². The second-order valence-electron chi connectivity index (χ2n) is 3.84. The van der Waals surface area contributed by atoms with Gasteiger partial charge >= 0.3 is 0 Å². The van der Waals surface area contributed by atoms with Gasteiger partial charge in [0.1, 0.15) is 5.50 Å². The maximum absolute atomic E-state index is 13.2. The number of rotatable bonds is 10. The summed E-state index contributed by atoms with van der Waals surface area (Å²) in [6.07, 6.45) is 9.20. The Kier molecular flexibility index (Phi) is 11.6. The van der Waals surface area contributed by atoms with E-state index in [0.29, 0.717) is 0 Å². The molecular weight excluding hydrogens is 195 g/mol. The van der Waals surface area contributed by atoms with Crippen LogP contribution in [0.15, 0.2) is 0 Å². The highest BCUT2D eigenvalue weighted by molar-refractivity contribution is 7.99. The van der Waals surface area contributed by atoms with Crippen molar-refractivity contribution in [2.75, 3.05) is 5.75 Å². The molecule has 14 heavy (non-hydrogen) atoms. The lowest BCUT2D eigenvalue weighted by Crippen LogP contribution is -1.95. The zero-order valence-corrected chi connectivity index (χ0v) is 10.5. The minimum atomic E-state index is -0.608. The summed E-state index contributed by atoms with van der Waals surface area (Å²) in [7, 11) is 0. The molecule has 0 aliphatic carbocycles. The van der Waals surface area contributed by atoms with Crippen LogP contribution in [0.1, 0.15) is 65.2 Å². The largest absolute Gasteiger partial charge is 0.236 e. The average Bonchev–Trinajstić information content (AvgIpc) is 2.18. The first-order valence-corrected chi connectivity index (χ1v) is 7.11. The Balaban J connectivity index is 3.06. The van der Waals surface area contributed by atoms with Gasteiger partial charge in [-0.25, -0.2) is 4.39 Å². The summed E-state index contributed by atoms with van der Waals surface area (Å²) in [5.74, 6) is 1.01. The van der Waals surface area contributed by atoms with Crippen LogP contribution in [0, 0.1) is 0 Å². The molecule has 0 saturated heterocycles. The predicted octanol–water partition coefficient (Wildman–Crippen LogP) is 5.18. The molecule has 0 N–H and O–H groups in total. The van der Waals surface area contributed by atoms with E-state index in [0.717, 1.165) is 18.6 Å². The zero-order valence-electron chi connectivity index (χ0n) is 9.73. The summed E-state index contributed by atoms with van der Waals surface area (Å²) in [5.41, 5.74) is -0.608. The second kappa shape index (κ2) is 11.4. The first kappa shape index (κ1) is 14.3. The van der Waals surface area contributed by atoms with E-state index in [2.05, 4.69) is 13.8 Å². The summed E-state index contributed by atoms with van der Waals surface area (Å²) < 4.78 is 13.2. The molecule has 0 aromatic rings. The van der Waals surface area contributed by atoms with Crippen LogP contribution in [0.3, 0.4) is 0 Å². The summed E-state index contributed by atoms with van der Waals surface area (Å²) >= 11 is 1.51.